The third-order valence-corrected chi connectivity index (χ3v) is 6.84. The first-order chi connectivity index (χ1) is 17.9. The molecule has 1 saturated heterocycles. The summed E-state index contributed by atoms with van der Waals surface area (Å²) in [6, 6.07) is 7.47. The molecule has 7 heteroatoms. The largest absolute Gasteiger partial charge is 0.464 e. The van der Waals surface area contributed by atoms with Gasteiger partial charge in [0.25, 0.3) is 0 Å². The second-order valence-electron chi connectivity index (χ2n) is 11.1. The van der Waals surface area contributed by atoms with Crippen molar-refractivity contribution >= 4 is 17.9 Å². The lowest BCUT2D eigenvalue weighted by Crippen LogP contribution is -2.45. The summed E-state index contributed by atoms with van der Waals surface area (Å²) >= 11 is 0. The molecule has 0 N–H and O–H groups in total. The van der Waals surface area contributed by atoms with Crippen molar-refractivity contribution in [1.82, 2.24) is 4.98 Å². The molecular weight excluding hydrogens is 480 g/mol. The predicted octanol–water partition coefficient (Wildman–Crippen LogP) is 6.16. The van der Waals surface area contributed by atoms with E-state index in [1.807, 2.05) is 46.8 Å². The van der Waals surface area contributed by atoms with Gasteiger partial charge in [0.1, 0.15) is 6.29 Å². The third kappa shape index (κ3) is 6.88. The van der Waals surface area contributed by atoms with Crippen LogP contribution < -0.4 is 4.90 Å². The molecule has 3 rings (SSSR count). The molecular formula is C31H42N2O5. The van der Waals surface area contributed by atoms with E-state index in [2.05, 4.69) is 18.4 Å². The van der Waals surface area contributed by atoms with Crippen molar-refractivity contribution in [2.75, 3.05) is 31.2 Å². The maximum absolute atomic E-state index is 13.4. The van der Waals surface area contributed by atoms with Gasteiger partial charge in [0.2, 0.25) is 0 Å². The normalized spacial score (nSPS) is 16.1. The number of aldehydes is 1. The van der Waals surface area contributed by atoms with E-state index in [1.54, 1.807) is 25.1 Å². The van der Waals surface area contributed by atoms with Gasteiger partial charge in [0.15, 0.2) is 6.10 Å². The van der Waals surface area contributed by atoms with Crippen molar-refractivity contribution in [2.45, 2.75) is 78.6 Å². The molecule has 1 unspecified atom stereocenters. The molecule has 206 valence electrons. The number of esters is 1. The standard InChI is InChI=1S/C31H42N2O5/c1-9-19-37-31(8)15-17-33(18-16-31)27-25(24-13-11-23(20-34)12-14-24)21(3)32-22(4)26(27)28(29(35)36-10-2)38-30(5,6)7/h9,11-14,20,28H,1,10,15-19H2,2-8H3. The molecule has 7 nitrogen and oxygen atoms in total. The minimum absolute atomic E-state index is 0.249. The Morgan fingerprint density at radius 1 is 1.16 bits per heavy atom. The summed E-state index contributed by atoms with van der Waals surface area (Å²) in [5, 5.41) is 0. The molecule has 1 aromatic carbocycles. The van der Waals surface area contributed by atoms with Crippen LogP contribution in [0.1, 0.15) is 80.9 Å². The van der Waals surface area contributed by atoms with E-state index < -0.39 is 17.7 Å². The van der Waals surface area contributed by atoms with Gasteiger partial charge in [0.05, 0.1) is 30.1 Å². The lowest BCUT2D eigenvalue weighted by Gasteiger charge is -2.42. The van der Waals surface area contributed by atoms with Gasteiger partial charge in [-0.1, -0.05) is 30.3 Å². The van der Waals surface area contributed by atoms with Crippen LogP contribution in [0.2, 0.25) is 0 Å². The Morgan fingerprint density at radius 3 is 2.32 bits per heavy atom. The smallest absolute Gasteiger partial charge is 0.340 e. The number of hydrogen-bond acceptors (Lipinski definition) is 7. The molecule has 0 radical (unpaired) electrons. The Kier molecular flexibility index (Phi) is 9.49. The Bertz CT molecular complexity index is 1140. The SMILES string of the molecule is C=CCOC1(C)CCN(c2c(-c3ccc(C=O)cc3)c(C)nc(C)c2C(OC(C)(C)C)C(=O)OCC)CC1. The topological polar surface area (TPSA) is 78.0 Å². The number of carbonyl (C=O) groups excluding carboxylic acids is 2. The van der Waals surface area contributed by atoms with Crippen molar-refractivity contribution in [3.8, 4) is 11.1 Å². The molecule has 1 atom stereocenters. The Balaban J connectivity index is 2.24. The lowest BCUT2D eigenvalue weighted by atomic mass is 9.89. The summed E-state index contributed by atoms with van der Waals surface area (Å²) in [5.74, 6) is -0.434. The summed E-state index contributed by atoms with van der Waals surface area (Å²) in [6.45, 7) is 19.6. The van der Waals surface area contributed by atoms with E-state index in [9.17, 15) is 9.59 Å². The van der Waals surface area contributed by atoms with E-state index in [1.165, 1.54) is 0 Å². The molecule has 0 bridgehead atoms. The number of piperidine rings is 1. The number of aryl methyl sites for hydroxylation is 2. The number of aromatic nitrogens is 1. The van der Waals surface area contributed by atoms with Crippen molar-refractivity contribution in [1.29, 1.82) is 0 Å². The van der Waals surface area contributed by atoms with Gasteiger partial charge in [-0.15, -0.1) is 6.58 Å². The van der Waals surface area contributed by atoms with Crippen molar-refractivity contribution < 1.29 is 23.8 Å². The number of ether oxygens (including phenoxy) is 3. The molecule has 0 spiro atoms. The minimum Gasteiger partial charge on any atom is -0.464 e. The number of benzene rings is 1. The first-order valence-electron chi connectivity index (χ1n) is 13.3. The maximum Gasteiger partial charge on any atom is 0.340 e. The van der Waals surface area contributed by atoms with Crippen LogP contribution in [0.5, 0.6) is 0 Å². The summed E-state index contributed by atoms with van der Waals surface area (Å²) in [4.78, 5) is 31.9. The highest BCUT2D eigenvalue weighted by molar-refractivity contribution is 5.89. The lowest BCUT2D eigenvalue weighted by molar-refractivity contribution is -0.166. The molecule has 2 aromatic rings. The molecule has 0 saturated carbocycles. The first-order valence-corrected chi connectivity index (χ1v) is 13.3. The monoisotopic (exact) mass is 522 g/mol. The zero-order valence-electron chi connectivity index (χ0n) is 23.9. The van der Waals surface area contributed by atoms with Crippen LogP contribution in [0, 0.1) is 13.8 Å². The average Bonchev–Trinajstić information content (AvgIpc) is 2.86. The Hall–Kier alpha value is -3.03. The Morgan fingerprint density at radius 2 is 1.79 bits per heavy atom. The van der Waals surface area contributed by atoms with Crippen LogP contribution >= 0.6 is 0 Å². The summed E-state index contributed by atoms with van der Waals surface area (Å²) in [6.07, 6.45) is 3.29. The molecule has 1 aliphatic heterocycles. The van der Waals surface area contributed by atoms with Gasteiger partial charge in [-0.3, -0.25) is 9.78 Å². The summed E-state index contributed by atoms with van der Waals surface area (Å²) < 4.78 is 18.0. The highest BCUT2D eigenvalue weighted by Gasteiger charge is 2.38. The van der Waals surface area contributed by atoms with Gasteiger partial charge < -0.3 is 19.1 Å². The van der Waals surface area contributed by atoms with Gasteiger partial charge in [-0.05, 0) is 66.9 Å². The fourth-order valence-corrected chi connectivity index (χ4v) is 4.97. The molecule has 38 heavy (non-hydrogen) atoms. The average molecular weight is 523 g/mol. The van der Waals surface area contributed by atoms with Crippen molar-refractivity contribution in [3.63, 3.8) is 0 Å². The highest BCUT2D eigenvalue weighted by Crippen LogP contribution is 2.44. The van der Waals surface area contributed by atoms with Crippen LogP contribution in [0.25, 0.3) is 11.1 Å². The first kappa shape index (κ1) is 29.5. The van der Waals surface area contributed by atoms with Crippen LogP contribution in [0.3, 0.4) is 0 Å². The number of anilines is 1. The van der Waals surface area contributed by atoms with Gasteiger partial charge in [-0.25, -0.2) is 4.79 Å². The molecule has 2 heterocycles. The van der Waals surface area contributed by atoms with Crippen LogP contribution in [-0.2, 0) is 19.0 Å². The van der Waals surface area contributed by atoms with E-state index in [4.69, 9.17) is 19.2 Å². The quantitative estimate of drug-likeness (QED) is 0.210. The fraction of sp³-hybridized carbons (Fsp3) is 0.516. The van der Waals surface area contributed by atoms with Crippen molar-refractivity contribution in [2.24, 2.45) is 0 Å². The third-order valence-electron chi connectivity index (χ3n) is 6.84. The van der Waals surface area contributed by atoms with E-state index in [-0.39, 0.29) is 12.2 Å². The molecule has 1 aliphatic rings. The number of carbonyl (C=O) groups is 2. The van der Waals surface area contributed by atoms with Crippen LogP contribution in [0.15, 0.2) is 36.9 Å². The minimum atomic E-state index is -0.948. The molecule has 1 aromatic heterocycles. The second kappa shape index (κ2) is 12.2. The summed E-state index contributed by atoms with van der Waals surface area (Å²) in [5.41, 5.74) is 4.79. The molecule has 1 fully saturated rings. The number of nitrogens with zero attached hydrogens (tertiary/aromatic N) is 2. The second-order valence-corrected chi connectivity index (χ2v) is 11.1. The van der Waals surface area contributed by atoms with E-state index >= 15 is 0 Å². The number of rotatable bonds is 10. The number of hydrogen-bond donors (Lipinski definition) is 0. The summed E-state index contributed by atoms with van der Waals surface area (Å²) in [7, 11) is 0. The zero-order valence-corrected chi connectivity index (χ0v) is 23.9. The molecule has 0 aliphatic carbocycles. The van der Waals surface area contributed by atoms with E-state index in [0.717, 1.165) is 60.4 Å². The van der Waals surface area contributed by atoms with E-state index in [0.29, 0.717) is 17.7 Å². The van der Waals surface area contributed by atoms with Crippen LogP contribution in [-0.4, -0.2) is 54.7 Å². The number of pyridine rings is 1. The zero-order chi connectivity index (χ0) is 28.1. The fourth-order valence-electron chi connectivity index (χ4n) is 4.97. The maximum atomic E-state index is 13.4. The van der Waals surface area contributed by atoms with Gasteiger partial charge >= 0.3 is 5.97 Å². The molecule has 0 amide bonds. The van der Waals surface area contributed by atoms with Crippen LogP contribution in [0.4, 0.5) is 5.69 Å². The Labute approximate surface area is 227 Å². The van der Waals surface area contributed by atoms with Crippen molar-refractivity contribution in [3.05, 3.63) is 59.4 Å². The highest BCUT2D eigenvalue weighted by atomic mass is 16.6. The van der Waals surface area contributed by atoms with Gasteiger partial charge in [0, 0.05) is 41.2 Å². The predicted molar refractivity (Wildman–Crippen MR) is 151 cm³/mol. The van der Waals surface area contributed by atoms with Gasteiger partial charge in [-0.2, -0.15) is 0 Å².